The van der Waals surface area contributed by atoms with Crippen molar-refractivity contribution in [2.45, 2.75) is 11.5 Å². The van der Waals surface area contributed by atoms with Gasteiger partial charge in [0.25, 0.3) is 21.6 Å². The molecule has 190 valence electrons. The van der Waals surface area contributed by atoms with E-state index in [4.69, 9.17) is 32.4 Å². The molecule has 0 fully saturated rings. The van der Waals surface area contributed by atoms with Crippen LogP contribution in [0.5, 0.6) is 5.75 Å². The van der Waals surface area contributed by atoms with E-state index in [9.17, 15) is 23.3 Å². The highest BCUT2D eigenvalue weighted by atomic mass is 35.5. The highest BCUT2D eigenvalue weighted by Gasteiger charge is 2.17. The van der Waals surface area contributed by atoms with Crippen molar-refractivity contribution in [3.8, 4) is 5.75 Å². The Morgan fingerprint density at radius 3 is 2.46 bits per heavy atom. The number of ether oxygens (including phenoxy) is 1. The van der Waals surface area contributed by atoms with Gasteiger partial charge in [0.15, 0.2) is 16.7 Å². The fraction of sp³-hybridized carbons (Fsp3) is 0.0455. The number of amides is 1. The van der Waals surface area contributed by atoms with Crippen LogP contribution < -0.4 is 14.8 Å². The van der Waals surface area contributed by atoms with Gasteiger partial charge < -0.3 is 14.5 Å². The number of hydrogen-bond acceptors (Lipinski definition) is 9. The Morgan fingerprint density at radius 1 is 1.03 bits per heavy atom. The molecule has 0 aliphatic rings. The normalized spacial score (nSPS) is 11.1. The fourth-order valence-electron chi connectivity index (χ4n) is 2.92. The molecule has 0 saturated heterocycles. The number of halogens is 2. The second-order valence-corrected chi connectivity index (χ2v) is 9.73. The molecular weight excluding hydrogens is 549 g/mol. The van der Waals surface area contributed by atoms with E-state index in [-0.39, 0.29) is 50.5 Å². The van der Waals surface area contributed by atoms with E-state index in [0.717, 1.165) is 0 Å². The maximum atomic E-state index is 12.5. The minimum Gasteiger partial charge on any atom is -0.484 e. The van der Waals surface area contributed by atoms with Gasteiger partial charge in [-0.1, -0.05) is 23.2 Å². The highest BCUT2D eigenvalue weighted by Crippen LogP contribution is 2.29. The van der Waals surface area contributed by atoms with Gasteiger partial charge in [0.05, 0.1) is 20.9 Å². The Bertz CT molecular complexity index is 1560. The van der Waals surface area contributed by atoms with Crippen molar-refractivity contribution in [2.75, 3.05) is 10.0 Å². The highest BCUT2D eigenvalue weighted by molar-refractivity contribution is 7.92. The number of aromatic nitrogens is 2. The molecule has 12 nitrogen and oxygen atoms in total. The average molecular weight is 564 g/mol. The third-order valence-corrected chi connectivity index (χ3v) is 6.56. The van der Waals surface area contributed by atoms with Crippen molar-refractivity contribution in [3.63, 3.8) is 0 Å². The lowest BCUT2D eigenvalue weighted by Crippen LogP contribution is -2.15. The number of sulfonamides is 1. The van der Waals surface area contributed by atoms with Crippen molar-refractivity contribution in [2.24, 2.45) is 0 Å². The summed E-state index contributed by atoms with van der Waals surface area (Å²) in [6.07, 6.45) is 0. The number of non-ortho nitro benzene ring substituents is 1. The van der Waals surface area contributed by atoms with E-state index >= 15 is 0 Å². The molecule has 0 saturated carbocycles. The zero-order valence-electron chi connectivity index (χ0n) is 18.4. The van der Waals surface area contributed by atoms with Gasteiger partial charge in [-0.3, -0.25) is 19.6 Å². The van der Waals surface area contributed by atoms with Gasteiger partial charge in [-0.25, -0.2) is 8.42 Å². The number of nitro benzene ring substituents is 1. The zero-order valence-corrected chi connectivity index (χ0v) is 20.7. The van der Waals surface area contributed by atoms with Gasteiger partial charge in [0.1, 0.15) is 18.1 Å². The van der Waals surface area contributed by atoms with Gasteiger partial charge in [-0.2, -0.15) is 0 Å². The first kappa shape index (κ1) is 25.9. The van der Waals surface area contributed by atoms with Crippen LogP contribution in [0, 0.1) is 10.1 Å². The lowest BCUT2D eigenvalue weighted by molar-refractivity contribution is -0.384. The molecule has 2 aromatic carbocycles. The molecule has 2 N–H and O–H groups in total. The van der Waals surface area contributed by atoms with Crippen LogP contribution in [-0.4, -0.2) is 29.4 Å². The third-order valence-electron chi connectivity index (χ3n) is 4.67. The van der Waals surface area contributed by atoms with Crippen LogP contribution in [-0.2, 0) is 16.6 Å². The number of hydrogen-bond donors (Lipinski definition) is 2. The van der Waals surface area contributed by atoms with Crippen LogP contribution in [0.15, 0.2) is 76.0 Å². The van der Waals surface area contributed by atoms with Crippen LogP contribution in [0.4, 0.5) is 17.2 Å². The maximum absolute atomic E-state index is 12.5. The predicted octanol–water partition coefficient (Wildman–Crippen LogP) is 4.92. The summed E-state index contributed by atoms with van der Waals surface area (Å²) >= 11 is 11.6. The number of carbonyl (C=O) groups is 1. The van der Waals surface area contributed by atoms with E-state index in [0.29, 0.717) is 5.69 Å². The minimum atomic E-state index is -3.95. The first-order valence-corrected chi connectivity index (χ1v) is 12.4. The van der Waals surface area contributed by atoms with Gasteiger partial charge >= 0.3 is 0 Å². The van der Waals surface area contributed by atoms with Gasteiger partial charge in [0, 0.05) is 11.8 Å². The van der Waals surface area contributed by atoms with E-state index in [2.05, 4.69) is 20.2 Å². The summed E-state index contributed by atoms with van der Waals surface area (Å²) in [5.41, 5.74) is 0.125. The monoisotopic (exact) mass is 563 g/mol. The van der Waals surface area contributed by atoms with Crippen molar-refractivity contribution < 1.29 is 27.3 Å². The van der Waals surface area contributed by atoms with E-state index in [1.54, 1.807) is 0 Å². The topological polar surface area (TPSA) is 167 Å². The Morgan fingerprint density at radius 2 is 1.78 bits per heavy atom. The quantitative estimate of drug-likeness (QED) is 0.212. The number of anilines is 2. The van der Waals surface area contributed by atoms with Crippen LogP contribution in [0.1, 0.15) is 16.3 Å². The maximum Gasteiger partial charge on any atom is 0.291 e. The van der Waals surface area contributed by atoms with Gasteiger partial charge in [-0.15, -0.1) is 10.2 Å². The Balaban J connectivity index is 1.36. The summed E-state index contributed by atoms with van der Waals surface area (Å²) in [5.74, 6) is -0.281. The number of benzene rings is 2. The molecule has 2 aromatic heterocycles. The second kappa shape index (κ2) is 10.8. The Kier molecular flexibility index (Phi) is 7.57. The zero-order chi connectivity index (χ0) is 26.6. The Hall–Kier alpha value is -4.20. The number of nitro groups is 1. The SMILES string of the molecule is O=C(Nc1ccc(S(=O)(=O)Nc2ccc(Cl)nn2)cc1)c1ccc(COc2cc([N+](=O)[O-])ccc2Cl)o1. The molecule has 0 aliphatic carbocycles. The molecule has 0 aliphatic heterocycles. The van der Waals surface area contributed by atoms with E-state index < -0.39 is 20.9 Å². The van der Waals surface area contributed by atoms with E-state index in [1.807, 2.05) is 0 Å². The van der Waals surface area contributed by atoms with Crippen LogP contribution in [0.25, 0.3) is 0 Å². The molecule has 4 rings (SSSR count). The molecule has 0 bridgehead atoms. The molecule has 2 heterocycles. The van der Waals surface area contributed by atoms with Crippen LogP contribution in [0.3, 0.4) is 0 Å². The van der Waals surface area contributed by atoms with Crippen molar-refractivity contribution in [3.05, 3.63) is 98.5 Å². The van der Waals surface area contributed by atoms with Gasteiger partial charge in [-0.05, 0) is 54.6 Å². The summed E-state index contributed by atoms with van der Waals surface area (Å²) < 4.78 is 38.2. The largest absolute Gasteiger partial charge is 0.484 e. The lowest BCUT2D eigenvalue weighted by atomic mass is 10.3. The van der Waals surface area contributed by atoms with Crippen molar-refractivity contribution >= 4 is 56.3 Å². The number of rotatable bonds is 9. The number of carbonyl (C=O) groups excluding carboxylic acids is 1. The predicted molar refractivity (Wildman–Crippen MR) is 133 cm³/mol. The summed E-state index contributed by atoms with van der Waals surface area (Å²) in [6.45, 7) is -0.133. The summed E-state index contributed by atoms with van der Waals surface area (Å²) in [6, 6.07) is 14.8. The third kappa shape index (κ3) is 6.52. The fourth-order valence-corrected chi connectivity index (χ4v) is 4.19. The second-order valence-electron chi connectivity index (χ2n) is 7.25. The first-order chi connectivity index (χ1) is 17.6. The molecular formula is C22H15Cl2N5O7S. The molecule has 4 aromatic rings. The molecule has 0 radical (unpaired) electrons. The van der Waals surface area contributed by atoms with Gasteiger partial charge in [0.2, 0.25) is 0 Å². The smallest absolute Gasteiger partial charge is 0.291 e. The summed E-state index contributed by atoms with van der Waals surface area (Å²) in [5, 5.41) is 21.0. The number of furan rings is 1. The summed E-state index contributed by atoms with van der Waals surface area (Å²) in [7, 11) is -3.95. The van der Waals surface area contributed by atoms with Crippen molar-refractivity contribution in [1.29, 1.82) is 0 Å². The number of nitrogens with zero attached hydrogens (tertiary/aromatic N) is 3. The molecule has 0 unspecified atom stereocenters. The molecule has 15 heteroatoms. The lowest BCUT2D eigenvalue weighted by Gasteiger charge is -2.08. The number of nitrogens with one attached hydrogen (secondary N) is 2. The minimum absolute atomic E-state index is 0.00728. The standard InChI is InChI=1S/C22H15Cl2N5O7S/c23-17-7-3-14(29(31)32)11-19(17)35-12-15-4-8-18(36-15)22(30)25-13-1-5-16(6-2-13)37(33,34)28-21-10-9-20(24)26-27-21/h1-11H,12H2,(H,25,30)(H,27,28). The van der Waals surface area contributed by atoms with Crippen molar-refractivity contribution in [1.82, 2.24) is 10.2 Å². The average Bonchev–Trinajstić information content (AvgIpc) is 3.34. The first-order valence-electron chi connectivity index (χ1n) is 10.2. The van der Waals surface area contributed by atoms with E-state index in [1.165, 1.54) is 66.7 Å². The Labute approximate surface area is 219 Å². The molecule has 1 amide bonds. The molecule has 37 heavy (non-hydrogen) atoms. The summed E-state index contributed by atoms with van der Waals surface area (Å²) in [4.78, 5) is 22.8. The van der Waals surface area contributed by atoms with Crippen LogP contribution in [0.2, 0.25) is 10.2 Å². The molecule has 0 atom stereocenters. The molecule has 0 spiro atoms. The van der Waals surface area contributed by atoms with Crippen LogP contribution >= 0.6 is 23.2 Å².